The Labute approximate surface area is 106 Å². The second-order valence-corrected chi connectivity index (χ2v) is 3.82. The molecular formula is C13H12BNO3. The van der Waals surface area contributed by atoms with E-state index in [2.05, 4.69) is 0 Å². The van der Waals surface area contributed by atoms with Crippen molar-refractivity contribution in [3.05, 3.63) is 46.9 Å². The Bertz CT molecular complexity index is 622. The molecule has 5 heteroatoms. The van der Waals surface area contributed by atoms with Crippen LogP contribution in [-0.2, 0) is 7.05 Å². The zero-order valence-electron chi connectivity index (χ0n) is 10.2. The number of pyridine rings is 1. The summed E-state index contributed by atoms with van der Waals surface area (Å²) in [5.41, 5.74) is 0.131. The van der Waals surface area contributed by atoms with E-state index in [9.17, 15) is 4.79 Å². The second-order valence-electron chi connectivity index (χ2n) is 3.82. The molecule has 1 aromatic carbocycles. The Morgan fingerprint density at radius 1 is 1.22 bits per heavy atom. The average molecular weight is 241 g/mol. The van der Waals surface area contributed by atoms with E-state index in [1.54, 1.807) is 32.5 Å². The number of aromatic nitrogens is 1. The molecule has 18 heavy (non-hydrogen) atoms. The van der Waals surface area contributed by atoms with Gasteiger partial charge in [-0.15, -0.1) is 0 Å². The van der Waals surface area contributed by atoms with Gasteiger partial charge in [0.15, 0.2) is 0 Å². The fraction of sp³-hybridized carbons (Fsp3) is 0.154. The monoisotopic (exact) mass is 241 g/mol. The molecule has 0 N–H and O–H groups in total. The maximum absolute atomic E-state index is 11.4. The van der Waals surface area contributed by atoms with E-state index in [-0.39, 0.29) is 5.56 Å². The van der Waals surface area contributed by atoms with Crippen LogP contribution in [0.1, 0.15) is 0 Å². The standard InChI is InChI=1S/C13H12BNO3/c1-15-8-12(11(14)7-13(15)16)18-10-5-3-4-9(6-10)17-2/h3-8H,1-2H3. The number of hydrogen-bond donors (Lipinski definition) is 0. The molecule has 90 valence electrons. The first-order chi connectivity index (χ1) is 8.60. The molecule has 2 rings (SSSR count). The maximum atomic E-state index is 11.4. The minimum atomic E-state index is -0.175. The molecule has 0 aliphatic carbocycles. The van der Waals surface area contributed by atoms with Gasteiger partial charge in [0, 0.05) is 25.4 Å². The summed E-state index contributed by atoms with van der Waals surface area (Å²) in [7, 11) is 8.96. The van der Waals surface area contributed by atoms with Crippen LogP contribution in [0.5, 0.6) is 17.2 Å². The lowest BCUT2D eigenvalue weighted by Gasteiger charge is -2.11. The number of ether oxygens (including phenoxy) is 2. The molecule has 1 heterocycles. The normalized spacial score (nSPS) is 10.1. The molecule has 0 saturated heterocycles. The van der Waals surface area contributed by atoms with Crippen molar-refractivity contribution in [2.45, 2.75) is 0 Å². The lowest BCUT2D eigenvalue weighted by molar-refractivity contribution is 0.409. The molecule has 4 nitrogen and oxygen atoms in total. The van der Waals surface area contributed by atoms with Crippen LogP contribution >= 0.6 is 0 Å². The topological polar surface area (TPSA) is 40.5 Å². The molecule has 2 radical (unpaired) electrons. The zero-order chi connectivity index (χ0) is 13.1. The number of benzene rings is 1. The van der Waals surface area contributed by atoms with Crippen molar-refractivity contribution in [2.24, 2.45) is 7.05 Å². The SMILES string of the molecule is [B]c1cc(=O)n(C)cc1Oc1cccc(OC)c1. The third kappa shape index (κ3) is 2.56. The molecule has 0 bridgehead atoms. The van der Waals surface area contributed by atoms with Crippen LogP contribution in [0.15, 0.2) is 41.3 Å². The van der Waals surface area contributed by atoms with E-state index in [0.717, 1.165) is 0 Å². The average Bonchev–Trinajstić information content (AvgIpc) is 2.36. The first-order valence-electron chi connectivity index (χ1n) is 5.38. The number of methoxy groups -OCH3 is 1. The minimum absolute atomic E-state index is 0.175. The van der Waals surface area contributed by atoms with Gasteiger partial charge in [-0.25, -0.2) is 0 Å². The van der Waals surface area contributed by atoms with E-state index >= 15 is 0 Å². The first kappa shape index (κ1) is 12.3. The maximum Gasteiger partial charge on any atom is 0.249 e. The van der Waals surface area contributed by atoms with Crippen molar-refractivity contribution in [3.63, 3.8) is 0 Å². The Hall–Kier alpha value is -2.17. The van der Waals surface area contributed by atoms with Crippen LogP contribution < -0.4 is 20.5 Å². The van der Waals surface area contributed by atoms with Crippen LogP contribution in [0.25, 0.3) is 0 Å². The zero-order valence-corrected chi connectivity index (χ0v) is 10.2. The molecule has 0 fully saturated rings. The van der Waals surface area contributed by atoms with Crippen LogP contribution in [-0.4, -0.2) is 19.5 Å². The van der Waals surface area contributed by atoms with Crippen LogP contribution in [0.3, 0.4) is 0 Å². The molecule has 0 aliphatic heterocycles. The number of hydrogen-bond acceptors (Lipinski definition) is 3. The predicted octanol–water partition coefficient (Wildman–Crippen LogP) is 0.980. The number of aryl methyl sites for hydroxylation is 1. The van der Waals surface area contributed by atoms with E-state index in [1.807, 2.05) is 12.1 Å². The van der Waals surface area contributed by atoms with Crippen molar-refractivity contribution >= 4 is 13.3 Å². The highest BCUT2D eigenvalue weighted by Gasteiger charge is 2.04. The molecule has 0 spiro atoms. The molecule has 2 aromatic rings. The summed E-state index contributed by atoms with van der Waals surface area (Å²) < 4.78 is 12.1. The van der Waals surface area contributed by atoms with Gasteiger partial charge < -0.3 is 14.0 Å². The summed E-state index contributed by atoms with van der Waals surface area (Å²) in [6.45, 7) is 0. The fourth-order valence-electron chi connectivity index (χ4n) is 1.50. The van der Waals surface area contributed by atoms with E-state index in [4.69, 9.17) is 17.3 Å². The predicted molar refractivity (Wildman–Crippen MR) is 70.1 cm³/mol. The van der Waals surface area contributed by atoms with Crippen molar-refractivity contribution < 1.29 is 9.47 Å². The summed E-state index contributed by atoms with van der Waals surface area (Å²) >= 11 is 0. The highest BCUT2D eigenvalue weighted by atomic mass is 16.5. The van der Waals surface area contributed by atoms with Gasteiger partial charge in [0.1, 0.15) is 25.1 Å². The van der Waals surface area contributed by atoms with Crippen LogP contribution in [0.4, 0.5) is 0 Å². The van der Waals surface area contributed by atoms with Crippen molar-refractivity contribution in [2.75, 3.05) is 7.11 Å². The van der Waals surface area contributed by atoms with Crippen molar-refractivity contribution in [3.8, 4) is 17.2 Å². The number of nitrogens with zero attached hydrogens (tertiary/aromatic N) is 1. The molecule has 0 amide bonds. The van der Waals surface area contributed by atoms with Gasteiger partial charge in [-0.05, 0) is 17.6 Å². The summed E-state index contributed by atoms with van der Waals surface area (Å²) in [6, 6.07) is 8.48. The van der Waals surface area contributed by atoms with Gasteiger partial charge in [0.05, 0.1) is 7.11 Å². The van der Waals surface area contributed by atoms with E-state index in [0.29, 0.717) is 22.7 Å². The lowest BCUT2D eigenvalue weighted by atomic mass is 9.96. The van der Waals surface area contributed by atoms with Crippen molar-refractivity contribution in [1.82, 2.24) is 4.57 Å². The summed E-state index contributed by atoms with van der Waals surface area (Å²) in [5.74, 6) is 1.72. The van der Waals surface area contributed by atoms with Gasteiger partial charge in [0.25, 0.3) is 0 Å². The summed E-state index contributed by atoms with van der Waals surface area (Å²) in [5, 5.41) is 0. The molecule has 1 aromatic heterocycles. The molecule has 0 unspecified atom stereocenters. The van der Waals surface area contributed by atoms with Crippen molar-refractivity contribution in [1.29, 1.82) is 0 Å². The minimum Gasteiger partial charge on any atom is -0.497 e. The van der Waals surface area contributed by atoms with Gasteiger partial charge in [-0.1, -0.05) is 6.07 Å². The lowest BCUT2D eigenvalue weighted by Crippen LogP contribution is -2.22. The smallest absolute Gasteiger partial charge is 0.249 e. The largest absolute Gasteiger partial charge is 0.497 e. The Balaban J connectivity index is 2.33. The fourth-order valence-corrected chi connectivity index (χ4v) is 1.50. The van der Waals surface area contributed by atoms with Gasteiger partial charge in [-0.2, -0.15) is 0 Å². The van der Waals surface area contributed by atoms with Gasteiger partial charge in [-0.3, -0.25) is 4.79 Å². The number of rotatable bonds is 3. The third-order valence-electron chi connectivity index (χ3n) is 2.49. The van der Waals surface area contributed by atoms with E-state index < -0.39 is 0 Å². The van der Waals surface area contributed by atoms with Crippen LogP contribution in [0.2, 0.25) is 0 Å². The van der Waals surface area contributed by atoms with Gasteiger partial charge >= 0.3 is 0 Å². The highest BCUT2D eigenvalue weighted by molar-refractivity contribution is 6.34. The highest BCUT2D eigenvalue weighted by Crippen LogP contribution is 2.23. The molecule has 0 saturated carbocycles. The first-order valence-corrected chi connectivity index (χ1v) is 5.38. The van der Waals surface area contributed by atoms with E-state index in [1.165, 1.54) is 10.6 Å². The Morgan fingerprint density at radius 2 is 1.94 bits per heavy atom. The van der Waals surface area contributed by atoms with Gasteiger partial charge in [0.2, 0.25) is 5.56 Å². The van der Waals surface area contributed by atoms with Crippen LogP contribution in [0, 0.1) is 0 Å². The summed E-state index contributed by atoms with van der Waals surface area (Å²) in [4.78, 5) is 11.4. The third-order valence-corrected chi connectivity index (χ3v) is 2.49. The quantitative estimate of drug-likeness (QED) is 0.752. The molecular weight excluding hydrogens is 229 g/mol. The Kier molecular flexibility index (Phi) is 3.41. The second kappa shape index (κ2) is 5.00. The molecule has 0 aliphatic rings. The Morgan fingerprint density at radius 3 is 2.67 bits per heavy atom. The molecule has 0 atom stereocenters. The summed E-state index contributed by atoms with van der Waals surface area (Å²) in [6.07, 6.45) is 1.55.